The molecule has 0 aliphatic carbocycles. The van der Waals surface area contributed by atoms with Crippen LogP contribution in [0.4, 0.5) is 0 Å². The van der Waals surface area contributed by atoms with Crippen molar-refractivity contribution in [3.05, 3.63) is 25.7 Å². The predicted molar refractivity (Wildman–Crippen MR) is 42.3 cm³/mol. The summed E-state index contributed by atoms with van der Waals surface area (Å²) in [5.41, 5.74) is 0.494. The summed E-state index contributed by atoms with van der Waals surface area (Å²) >= 11 is 2.00. The van der Waals surface area contributed by atoms with Gasteiger partial charge in [0.1, 0.15) is 5.69 Å². The van der Waals surface area contributed by atoms with Crippen molar-refractivity contribution in [2.75, 3.05) is 0 Å². The lowest BCUT2D eigenvalue weighted by molar-refractivity contribution is 0.941. The van der Waals surface area contributed by atoms with E-state index in [2.05, 4.69) is 10.2 Å². The van der Waals surface area contributed by atoms with Gasteiger partial charge in [0.2, 0.25) is 5.43 Å². The molecule has 1 aromatic rings. The lowest BCUT2D eigenvalue weighted by Gasteiger charge is -1.88. The van der Waals surface area contributed by atoms with Gasteiger partial charge in [0.15, 0.2) is 0 Å². The standard InChI is InChI=1S/C5H5IN2O/c1-3-4(9)2-5(6)8-7-3/h2H,1H3,(H,8,9). The molecule has 0 fully saturated rings. The highest BCUT2D eigenvalue weighted by Crippen LogP contribution is 1.91. The molecule has 0 unspecified atom stereocenters. The molecule has 1 rings (SSSR count). The van der Waals surface area contributed by atoms with Crippen molar-refractivity contribution in [3.63, 3.8) is 0 Å². The molecule has 0 radical (unpaired) electrons. The average molecular weight is 236 g/mol. The lowest BCUT2D eigenvalue weighted by Crippen LogP contribution is -2.08. The number of hydrogen-bond donors (Lipinski definition) is 1. The summed E-state index contributed by atoms with van der Waals surface area (Å²) in [6.45, 7) is 1.68. The Hall–Kier alpha value is -0.390. The smallest absolute Gasteiger partial charge is 0.204 e. The Morgan fingerprint density at radius 2 is 2.44 bits per heavy atom. The molecule has 48 valence electrons. The summed E-state index contributed by atoms with van der Waals surface area (Å²) in [5, 5.41) is 6.41. The van der Waals surface area contributed by atoms with Crippen LogP contribution in [-0.4, -0.2) is 10.2 Å². The van der Waals surface area contributed by atoms with Crippen molar-refractivity contribution < 1.29 is 0 Å². The highest BCUT2D eigenvalue weighted by Gasteiger charge is 1.92. The summed E-state index contributed by atoms with van der Waals surface area (Å²) in [6.07, 6.45) is 0. The molecule has 0 amide bonds. The SMILES string of the molecule is Cc1n[nH]c(I)cc1=O. The van der Waals surface area contributed by atoms with Crippen LogP contribution in [0.3, 0.4) is 0 Å². The Labute approximate surface area is 65.6 Å². The van der Waals surface area contributed by atoms with E-state index in [-0.39, 0.29) is 5.43 Å². The Morgan fingerprint density at radius 3 is 2.89 bits per heavy atom. The van der Waals surface area contributed by atoms with E-state index < -0.39 is 0 Å². The monoisotopic (exact) mass is 236 g/mol. The number of rotatable bonds is 0. The van der Waals surface area contributed by atoms with Gasteiger partial charge in [0.25, 0.3) is 0 Å². The minimum atomic E-state index is -0.0156. The number of halogens is 1. The first-order valence-corrected chi connectivity index (χ1v) is 3.50. The average Bonchev–Trinajstić information content (AvgIpc) is 1.80. The molecule has 1 aromatic heterocycles. The summed E-state index contributed by atoms with van der Waals surface area (Å²) in [5.74, 6) is 0. The van der Waals surface area contributed by atoms with Gasteiger partial charge in [-0.3, -0.25) is 9.89 Å². The molecule has 0 atom stereocenters. The van der Waals surface area contributed by atoms with Crippen LogP contribution in [0.15, 0.2) is 10.9 Å². The molecule has 0 saturated heterocycles. The van der Waals surface area contributed by atoms with E-state index in [0.717, 1.165) is 3.70 Å². The van der Waals surface area contributed by atoms with Crippen LogP contribution in [0, 0.1) is 10.6 Å². The van der Waals surface area contributed by atoms with Crippen molar-refractivity contribution in [1.29, 1.82) is 0 Å². The maximum absolute atomic E-state index is 10.8. The minimum absolute atomic E-state index is 0.0156. The van der Waals surface area contributed by atoms with Crippen LogP contribution in [0.5, 0.6) is 0 Å². The number of hydrogen-bond acceptors (Lipinski definition) is 2. The normalized spacial score (nSPS) is 9.56. The minimum Gasteiger partial charge on any atom is -0.288 e. The zero-order chi connectivity index (χ0) is 6.85. The van der Waals surface area contributed by atoms with E-state index >= 15 is 0 Å². The second-order valence-electron chi connectivity index (χ2n) is 1.67. The second-order valence-corrected chi connectivity index (χ2v) is 2.83. The van der Waals surface area contributed by atoms with Crippen molar-refractivity contribution >= 4 is 22.6 Å². The molecule has 0 aliphatic rings. The predicted octanol–water partition coefficient (Wildman–Crippen LogP) is 0.683. The summed E-state index contributed by atoms with van der Waals surface area (Å²) in [6, 6.07) is 1.52. The zero-order valence-corrected chi connectivity index (χ0v) is 6.97. The quantitative estimate of drug-likeness (QED) is 0.673. The fourth-order valence-electron chi connectivity index (χ4n) is 0.444. The molecule has 4 heteroatoms. The topological polar surface area (TPSA) is 45.8 Å². The van der Waals surface area contributed by atoms with E-state index in [1.54, 1.807) is 6.92 Å². The van der Waals surface area contributed by atoms with Gasteiger partial charge in [-0.2, -0.15) is 5.10 Å². The largest absolute Gasteiger partial charge is 0.288 e. The van der Waals surface area contributed by atoms with E-state index in [1.807, 2.05) is 22.6 Å². The number of aromatic amines is 1. The van der Waals surface area contributed by atoms with Crippen LogP contribution in [0.25, 0.3) is 0 Å². The van der Waals surface area contributed by atoms with Gasteiger partial charge in [-0.05, 0) is 29.5 Å². The zero-order valence-electron chi connectivity index (χ0n) is 4.81. The third kappa shape index (κ3) is 1.51. The number of aromatic nitrogens is 2. The van der Waals surface area contributed by atoms with Crippen LogP contribution in [-0.2, 0) is 0 Å². The highest BCUT2D eigenvalue weighted by atomic mass is 127. The molecule has 0 bridgehead atoms. The van der Waals surface area contributed by atoms with Gasteiger partial charge in [-0.15, -0.1) is 0 Å². The van der Waals surface area contributed by atoms with E-state index in [1.165, 1.54) is 6.07 Å². The first kappa shape index (κ1) is 6.73. The molecule has 3 nitrogen and oxygen atoms in total. The van der Waals surface area contributed by atoms with Crippen LogP contribution < -0.4 is 5.43 Å². The first-order chi connectivity index (χ1) is 4.20. The Bertz CT molecular complexity index is 268. The number of H-pyrrole nitrogens is 1. The van der Waals surface area contributed by atoms with Gasteiger partial charge in [0.05, 0.1) is 3.70 Å². The maximum Gasteiger partial charge on any atom is 0.204 e. The third-order valence-electron chi connectivity index (χ3n) is 0.945. The van der Waals surface area contributed by atoms with E-state index in [0.29, 0.717) is 5.69 Å². The van der Waals surface area contributed by atoms with Crippen molar-refractivity contribution in [1.82, 2.24) is 10.2 Å². The van der Waals surface area contributed by atoms with E-state index in [4.69, 9.17) is 0 Å². The van der Waals surface area contributed by atoms with Gasteiger partial charge in [0, 0.05) is 6.07 Å². The molecule has 0 aromatic carbocycles. The summed E-state index contributed by atoms with van der Waals surface area (Å²) in [4.78, 5) is 10.8. The Kier molecular flexibility index (Phi) is 1.84. The first-order valence-electron chi connectivity index (χ1n) is 2.42. The van der Waals surface area contributed by atoms with Gasteiger partial charge in [-0.1, -0.05) is 0 Å². The maximum atomic E-state index is 10.8. The second kappa shape index (κ2) is 2.47. The van der Waals surface area contributed by atoms with Crippen LogP contribution in [0.2, 0.25) is 0 Å². The van der Waals surface area contributed by atoms with Crippen LogP contribution in [0.1, 0.15) is 5.69 Å². The van der Waals surface area contributed by atoms with Crippen LogP contribution >= 0.6 is 22.6 Å². The molecule has 0 saturated carbocycles. The number of aryl methyl sites for hydroxylation is 1. The van der Waals surface area contributed by atoms with Crippen molar-refractivity contribution in [2.24, 2.45) is 0 Å². The van der Waals surface area contributed by atoms with Gasteiger partial charge in [-0.25, -0.2) is 0 Å². The molecule has 1 heterocycles. The highest BCUT2D eigenvalue weighted by molar-refractivity contribution is 14.1. The van der Waals surface area contributed by atoms with Crippen molar-refractivity contribution in [2.45, 2.75) is 6.92 Å². The third-order valence-corrected chi connectivity index (χ3v) is 1.50. The fourth-order valence-corrected chi connectivity index (χ4v) is 0.848. The molecular weight excluding hydrogens is 231 g/mol. The summed E-state index contributed by atoms with van der Waals surface area (Å²) in [7, 11) is 0. The fraction of sp³-hybridized carbons (Fsp3) is 0.200. The lowest BCUT2D eigenvalue weighted by atomic mass is 10.4. The molecule has 1 N–H and O–H groups in total. The molecule has 9 heavy (non-hydrogen) atoms. The molecule has 0 aliphatic heterocycles. The molecule has 0 spiro atoms. The summed E-state index contributed by atoms with van der Waals surface area (Å²) < 4.78 is 0.767. The van der Waals surface area contributed by atoms with E-state index in [9.17, 15) is 4.79 Å². The molecular formula is C5H5IN2O. The number of nitrogens with one attached hydrogen (secondary N) is 1. The van der Waals surface area contributed by atoms with Crippen molar-refractivity contribution in [3.8, 4) is 0 Å². The van der Waals surface area contributed by atoms with Gasteiger partial charge < -0.3 is 0 Å². The Balaban J connectivity index is 3.34. The van der Waals surface area contributed by atoms with Gasteiger partial charge >= 0.3 is 0 Å². The Morgan fingerprint density at radius 1 is 1.78 bits per heavy atom. The number of nitrogens with zero attached hydrogens (tertiary/aromatic N) is 1.